The van der Waals surface area contributed by atoms with Gasteiger partial charge >= 0.3 is 6.03 Å². The van der Waals surface area contributed by atoms with E-state index >= 15 is 0 Å². The zero-order chi connectivity index (χ0) is 30.3. The molecular formula is C32H56N3O6-. The predicted molar refractivity (Wildman–Crippen MR) is 157 cm³/mol. The lowest BCUT2D eigenvalue weighted by Crippen LogP contribution is -2.70. The first kappa shape index (κ1) is 33.6. The second kappa shape index (κ2) is 14.1. The van der Waals surface area contributed by atoms with Crippen LogP contribution in [0.4, 0.5) is 4.79 Å². The number of nitrogens with one attached hydrogen (secondary N) is 1. The predicted octanol–water partition coefficient (Wildman–Crippen LogP) is 4.79. The fraction of sp³-hybridized carbons (Fsp3) is 0.906. The van der Waals surface area contributed by atoms with Crippen LogP contribution in [0.25, 0.3) is 0 Å². The van der Waals surface area contributed by atoms with Gasteiger partial charge in [-0.2, -0.15) is 0 Å². The van der Waals surface area contributed by atoms with Gasteiger partial charge in [-0.25, -0.2) is 4.79 Å². The van der Waals surface area contributed by atoms with Crippen molar-refractivity contribution in [2.24, 2.45) is 17.1 Å². The molecular weight excluding hydrogens is 522 g/mol. The lowest BCUT2D eigenvalue weighted by atomic mass is 9.68. The summed E-state index contributed by atoms with van der Waals surface area (Å²) in [6.45, 7) is 9.71. The van der Waals surface area contributed by atoms with E-state index in [2.05, 4.69) is 12.2 Å². The van der Waals surface area contributed by atoms with Gasteiger partial charge in [0.2, 0.25) is 5.91 Å². The molecule has 0 radical (unpaired) electrons. The minimum Gasteiger partial charge on any atom is -0.550 e. The Morgan fingerprint density at radius 1 is 0.927 bits per heavy atom. The number of amides is 3. The number of rotatable bonds is 14. The van der Waals surface area contributed by atoms with Crippen LogP contribution in [0.2, 0.25) is 0 Å². The summed E-state index contributed by atoms with van der Waals surface area (Å²) in [6, 6.07) is -0.548. The molecule has 1 saturated heterocycles. The van der Waals surface area contributed by atoms with E-state index in [9.17, 15) is 19.5 Å². The second-order valence-corrected chi connectivity index (χ2v) is 14.1. The maximum absolute atomic E-state index is 13.5. The number of urea groups is 1. The number of hydrogen-bond donors (Lipinski definition) is 2. The van der Waals surface area contributed by atoms with Gasteiger partial charge in [-0.1, -0.05) is 91.4 Å². The molecule has 3 amide bonds. The van der Waals surface area contributed by atoms with Gasteiger partial charge in [0.15, 0.2) is 5.79 Å². The zero-order valence-corrected chi connectivity index (χ0v) is 26.4. The Morgan fingerprint density at radius 3 is 2.10 bits per heavy atom. The summed E-state index contributed by atoms with van der Waals surface area (Å²) in [5.41, 5.74) is 4.16. The Kier molecular flexibility index (Phi) is 11.5. The topological polar surface area (TPSA) is 134 Å². The Morgan fingerprint density at radius 2 is 1.51 bits per heavy atom. The van der Waals surface area contributed by atoms with E-state index in [0.29, 0.717) is 19.4 Å². The normalized spacial score (nSPS) is 25.2. The maximum atomic E-state index is 13.5. The quantitative estimate of drug-likeness (QED) is 0.285. The molecule has 2 atom stereocenters. The molecule has 41 heavy (non-hydrogen) atoms. The molecule has 3 rings (SSSR count). The first-order valence-electron chi connectivity index (χ1n) is 16.2. The van der Waals surface area contributed by atoms with Crippen molar-refractivity contribution in [1.82, 2.24) is 10.2 Å². The summed E-state index contributed by atoms with van der Waals surface area (Å²) in [6.07, 6.45) is 14.2. The number of carbonyl (C=O) groups excluding carboxylic acids is 3. The summed E-state index contributed by atoms with van der Waals surface area (Å²) in [7, 11) is 0. The summed E-state index contributed by atoms with van der Waals surface area (Å²) in [5, 5.41) is 15.8. The fourth-order valence-electron chi connectivity index (χ4n) is 7.78. The minimum atomic E-state index is -1.25. The summed E-state index contributed by atoms with van der Waals surface area (Å²) in [4.78, 5) is 41.7. The van der Waals surface area contributed by atoms with Crippen LogP contribution in [0, 0.1) is 11.3 Å². The molecule has 9 nitrogen and oxygen atoms in total. The van der Waals surface area contributed by atoms with Gasteiger partial charge in [0.25, 0.3) is 0 Å². The smallest absolute Gasteiger partial charge is 0.315 e. The van der Waals surface area contributed by atoms with Crippen LogP contribution in [0.1, 0.15) is 137 Å². The molecule has 0 bridgehead atoms. The highest BCUT2D eigenvalue weighted by Gasteiger charge is 2.55. The molecule has 2 aliphatic carbocycles. The highest BCUT2D eigenvalue weighted by atomic mass is 16.7. The average molecular weight is 579 g/mol. The second-order valence-electron chi connectivity index (χ2n) is 14.1. The van der Waals surface area contributed by atoms with Crippen LogP contribution in [0.5, 0.6) is 0 Å². The highest BCUT2D eigenvalue weighted by Crippen LogP contribution is 2.49. The largest absolute Gasteiger partial charge is 0.550 e. The van der Waals surface area contributed by atoms with E-state index in [-0.39, 0.29) is 12.5 Å². The number of nitrogens with zero attached hydrogens (tertiary/aromatic N) is 1. The van der Waals surface area contributed by atoms with Crippen molar-refractivity contribution in [3.05, 3.63) is 0 Å². The standard InChI is InChI=1S/C32H57N3O6/c1-6-7-8-9-10-12-17-31(18-15-16-19-31)35(28(33)39)32(20-13-11-14-21-32)24(27(37)38)22-34-26(36)25-29(2,3)23-40-30(4,5)41-25/h24-25H,6-23H2,1-5H3,(H2,33,39)(H,34,36)(H,37,38)/p-1. The van der Waals surface area contributed by atoms with E-state index in [0.717, 1.165) is 64.2 Å². The van der Waals surface area contributed by atoms with Crippen LogP contribution in [0.15, 0.2) is 0 Å². The Bertz CT molecular complexity index is 892. The number of carboxylic acid groups (broad SMARTS) is 1. The molecule has 0 aromatic rings. The molecule has 0 aromatic carbocycles. The molecule has 2 unspecified atom stereocenters. The van der Waals surface area contributed by atoms with Crippen molar-refractivity contribution in [1.29, 1.82) is 0 Å². The van der Waals surface area contributed by atoms with Gasteiger partial charge in [-0.3, -0.25) is 4.79 Å². The number of carbonyl (C=O) groups is 3. The maximum Gasteiger partial charge on any atom is 0.315 e. The molecule has 3 N–H and O–H groups in total. The van der Waals surface area contributed by atoms with Crippen LogP contribution >= 0.6 is 0 Å². The van der Waals surface area contributed by atoms with Gasteiger partial charge in [0, 0.05) is 29.4 Å². The molecule has 0 spiro atoms. The number of carboxylic acids is 1. The Balaban J connectivity index is 1.88. The highest BCUT2D eigenvalue weighted by molar-refractivity contribution is 5.83. The molecule has 1 heterocycles. The number of aliphatic carboxylic acids is 1. The van der Waals surface area contributed by atoms with Crippen LogP contribution in [-0.2, 0) is 19.1 Å². The van der Waals surface area contributed by atoms with Gasteiger partial charge in [-0.15, -0.1) is 0 Å². The van der Waals surface area contributed by atoms with Crippen molar-refractivity contribution < 1.29 is 29.0 Å². The third-order valence-electron chi connectivity index (χ3n) is 9.94. The Labute approximate surface area is 247 Å². The van der Waals surface area contributed by atoms with Crippen LogP contribution in [0.3, 0.4) is 0 Å². The van der Waals surface area contributed by atoms with Gasteiger partial charge in [0.05, 0.1) is 12.1 Å². The minimum absolute atomic E-state index is 0.144. The lowest BCUT2D eigenvalue weighted by Gasteiger charge is -2.57. The molecule has 2 saturated carbocycles. The fourth-order valence-corrected chi connectivity index (χ4v) is 7.78. The van der Waals surface area contributed by atoms with Crippen molar-refractivity contribution in [2.75, 3.05) is 13.2 Å². The molecule has 236 valence electrons. The SMILES string of the molecule is CCCCCCCCC1(N(C(N)=O)C2(C(CNC(=O)C3OC(C)(C)OCC3(C)C)C(=O)[O-])CCCCC2)CCCC1. The van der Waals surface area contributed by atoms with Crippen molar-refractivity contribution >= 4 is 17.9 Å². The number of unbranched alkanes of at least 4 members (excludes halogenated alkanes) is 5. The summed E-state index contributed by atoms with van der Waals surface area (Å²) < 4.78 is 11.8. The molecule has 1 aliphatic heterocycles. The van der Waals surface area contributed by atoms with Crippen LogP contribution < -0.4 is 16.2 Å². The third kappa shape index (κ3) is 7.95. The number of ether oxygens (including phenoxy) is 2. The first-order valence-corrected chi connectivity index (χ1v) is 16.2. The van der Waals surface area contributed by atoms with Gasteiger partial charge in [0.1, 0.15) is 6.10 Å². The van der Waals surface area contributed by atoms with E-state index in [1.54, 1.807) is 13.8 Å². The number of nitrogens with two attached hydrogens (primary N) is 1. The third-order valence-corrected chi connectivity index (χ3v) is 9.94. The van der Waals surface area contributed by atoms with E-state index in [1.165, 1.54) is 25.7 Å². The van der Waals surface area contributed by atoms with Gasteiger partial charge < -0.3 is 35.3 Å². The summed E-state index contributed by atoms with van der Waals surface area (Å²) in [5.74, 6) is -3.64. The Hall–Kier alpha value is -1.87. The molecule has 3 fully saturated rings. The van der Waals surface area contributed by atoms with E-state index in [1.807, 2.05) is 18.7 Å². The van der Waals surface area contributed by atoms with Crippen molar-refractivity contribution in [2.45, 2.75) is 160 Å². The molecule has 0 aromatic heterocycles. The average Bonchev–Trinajstić information content (AvgIpc) is 3.37. The molecule has 3 aliphatic rings. The lowest BCUT2D eigenvalue weighted by molar-refractivity contribution is -0.316. The van der Waals surface area contributed by atoms with E-state index < -0.39 is 46.3 Å². The van der Waals surface area contributed by atoms with Crippen molar-refractivity contribution in [3.8, 4) is 0 Å². The van der Waals surface area contributed by atoms with Crippen LogP contribution in [-0.4, -0.2) is 58.9 Å². The van der Waals surface area contributed by atoms with Crippen molar-refractivity contribution in [3.63, 3.8) is 0 Å². The number of hydrogen-bond acceptors (Lipinski definition) is 6. The summed E-state index contributed by atoms with van der Waals surface area (Å²) >= 11 is 0. The number of primary amides is 1. The monoisotopic (exact) mass is 578 g/mol. The first-order chi connectivity index (χ1) is 19.3. The molecule has 9 heteroatoms. The van der Waals surface area contributed by atoms with Gasteiger partial charge in [-0.05, 0) is 46.0 Å². The van der Waals surface area contributed by atoms with E-state index in [4.69, 9.17) is 15.2 Å². The zero-order valence-electron chi connectivity index (χ0n) is 26.4.